The van der Waals surface area contributed by atoms with Crippen LogP contribution in [0.3, 0.4) is 0 Å². The Morgan fingerprint density at radius 3 is 2.70 bits per heavy atom. The van der Waals surface area contributed by atoms with E-state index in [0.29, 0.717) is 12.1 Å². The smallest absolute Gasteiger partial charge is 0.253 e. The van der Waals surface area contributed by atoms with Gasteiger partial charge in [0.2, 0.25) is 0 Å². The fourth-order valence-corrected chi connectivity index (χ4v) is 1.90. The fraction of sp³-hybridized carbons (Fsp3) is 0.267. The second-order valence-electron chi connectivity index (χ2n) is 4.44. The molecule has 1 amide bonds. The van der Waals surface area contributed by atoms with Crippen molar-refractivity contribution in [2.75, 3.05) is 11.9 Å². The van der Waals surface area contributed by atoms with Crippen LogP contribution in [0.15, 0.2) is 36.9 Å². The second kappa shape index (κ2) is 6.65. The van der Waals surface area contributed by atoms with Crippen LogP contribution in [-0.2, 0) is 6.54 Å². The summed E-state index contributed by atoms with van der Waals surface area (Å²) in [6.07, 6.45) is 6.80. The standard InChI is InChI=1S/C15H18N4O/c1-3-18-14-10-17-7-5-13(14)15(20)19-9-12-4-6-16-8-11(12)2/h4-8,10,18H,3,9H2,1-2H3,(H,19,20). The molecule has 0 bridgehead atoms. The maximum absolute atomic E-state index is 12.2. The maximum Gasteiger partial charge on any atom is 0.253 e. The number of nitrogens with zero attached hydrogens (tertiary/aromatic N) is 2. The van der Waals surface area contributed by atoms with Gasteiger partial charge in [-0.2, -0.15) is 0 Å². The first-order chi connectivity index (χ1) is 9.72. The van der Waals surface area contributed by atoms with E-state index in [9.17, 15) is 4.79 Å². The Morgan fingerprint density at radius 1 is 1.20 bits per heavy atom. The first-order valence-electron chi connectivity index (χ1n) is 6.58. The predicted octanol–water partition coefficient (Wildman–Crippen LogP) is 2.15. The number of rotatable bonds is 5. The van der Waals surface area contributed by atoms with Crippen LogP contribution in [0.4, 0.5) is 5.69 Å². The summed E-state index contributed by atoms with van der Waals surface area (Å²) in [6.45, 7) is 5.19. The Hall–Kier alpha value is -2.43. The van der Waals surface area contributed by atoms with Gasteiger partial charge in [-0.1, -0.05) is 0 Å². The molecule has 0 aliphatic rings. The number of carbonyl (C=O) groups excluding carboxylic acids is 1. The molecule has 0 aliphatic carbocycles. The van der Waals surface area contributed by atoms with E-state index in [0.717, 1.165) is 23.4 Å². The Morgan fingerprint density at radius 2 is 1.95 bits per heavy atom. The molecule has 2 N–H and O–H groups in total. The number of anilines is 1. The molecule has 0 unspecified atom stereocenters. The molecule has 5 nitrogen and oxygen atoms in total. The lowest BCUT2D eigenvalue weighted by atomic mass is 10.1. The van der Waals surface area contributed by atoms with Gasteiger partial charge < -0.3 is 10.6 Å². The molecule has 5 heteroatoms. The van der Waals surface area contributed by atoms with Crippen LogP contribution in [-0.4, -0.2) is 22.4 Å². The van der Waals surface area contributed by atoms with Crippen LogP contribution < -0.4 is 10.6 Å². The average molecular weight is 270 g/mol. The van der Waals surface area contributed by atoms with Gasteiger partial charge in [-0.3, -0.25) is 14.8 Å². The zero-order valence-electron chi connectivity index (χ0n) is 11.7. The van der Waals surface area contributed by atoms with Crippen LogP contribution in [0.5, 0.6) is 0 Å². The molecule has 0 aliphatic heterocycles. The van der Waals surface area contributed by atoms with Crippen molar-refractivity contribution in [3.63, 3.8) is 0 Å². The Labute approximate surface area is 118 Å². The van der Waals surface area contributed by atoms with Gasteiger partial charge in [-0.25, -0.2) is 0 Å². The number of nitrogens with one attached hydrogen (secondary N) is 2. The first-order valence-corrected chi connectivity index (χ1v) is 6.58. The number of aryl methyl sites for hydroxylation is 1. The molecule has 2 aromatic heterocycles. The molecular weight excluding hydrogens is 252 g/mol. The lowest BCUT2D eigenvalue weighted by Gasteiger charge is -2.11. The van der Waals surface area contributed by atoms with Crippen molar-refractivity contribution >= 4 is 11.6 Å². The maximum atomic E-state index is 12.2. The first kappa shape index (κ1) is 14.0. The van der Waals surface area contributed by atoms with Crippen LogP contribution in [0.2, 0.25) is 0 Å². The van der Waals surface area contributed by atoms with Gasteiger partial charge in [0.15, 0.2) is 0 Å². The molecule has 2 aromatic rings. The van der Waals surface area contributed by atoms with E-state index in [1.165, 1.54) is 0 Å². The lowest BCUT2D eigenvalue weighted by Crippen LogP contribution is -2.24. The molecule has 0 saturated carbocycles. The number of hydrogen-bond acceptors (Lipinski definition) is 4. The van der Waals surface area contributed by atoms with Crippen LogP contribution in [0.25, 0.3) is 0 Å². The molecule has 0 radical (unpaired) electrons. The molecule has 0 saturated heterocycles. The molecule has 2 rings (SSSR count). The Bertz CT molecular complexity index is 598. The van der Waals surface area contributed by atoms with Gasteiger partial charge in [0, 0.05) is 31.7 Å². The minimum Gasteiger partial charge on any atom is -0.383 e. The summed E-state index contributed by atoms with van der Waals surface area (Å²) in [5, 5.41) is 6.05. The van der Waals surface area contributed by atoms with E-state index in [2.05, 4.69) is 20.6 Å². The van der Waals surface area contributed by atoms with Crippen molar-refractivity contribution in [3.05, 3.63) is 53.6 Å². The highest BCUT2D eigenvalue weighted by molar-refractivity contribution is 5.99. The number of amides is 1. The number of carbonyl (C=O) groups is 1. The molecule has 2 heterocycles. The molecular formula is C15H18N4O. The molecule has 0 spiro atoms. The minimum absolute atomic E-state index is 0.112. The van der Waals surface area contributed by atoms with Gasteiger partial charge in [0.1, 0.15) is 0 Å². The monoisotopic (exact) mass is 270 g/mol. The van der Waals surface area contributed by atoms with Gasteiger partial charge in [-0.15, -0.1) is 0 Å². The highest BCUT2D eigenvalue weighted by Crippen LogP contribution is 2.13. The molecule has 104 valence electrons. The molecule has 0 aromatic carbocycles. The summed E-state index contributed by atoms with van der Waals surface area (Å²) in [5.41, 5.74) is 3.48. The largest absolute Gasteiger partial charge is 0.383 e. The van der Waals surface area contributed by atoms with Crippen molar-refractivity contribution in [2.24, 2.45) is 0 Å². The van der Waals surface area contributed by atoms with Crippen molar-refractivity contribution < 1.29 is 4.79 Å². The lowest BCUT2D eigenvalue weighted by molar-refractivity contribution is 0.0951. The SMILES string of the molecule is CCNc1cnccc1C(=O)NCc1ccncc1C. The van der Waals surface area contributed by atoms with Crippen molar-refractivity contribution in [2.45, 2.75) is 20.4 Å². The van der Waals surface area contributed by atoms with E-state index < -0.39 is 0 Å². The van der Waals surface area contributed by atoms with Gasteiger partial charge in [0.25, 0.3) is 5.91 Å². The van der Waals surface area contributed by atoms with E-state index in [-0.39, 0.29) is 5.91 Å². The molecule has 0 fully saturated rings. The predicted molar refractivity (Wildman–Crippen MR) is 78.5 cm³/mol. The highest BCUT2D eigenvalue weighted by Gasteiger charge is 2.10. The summed E-state index contributed by atoms with van der Waals surface area (Å²) >= 11 is 0. The number of pyridine rings is 2. The zero-order valence-corrected chi connectivity index (χ0v) is 11.7. The van der Waals surface area contributed by atoms with Crippen molar-refractivity contribution in [3.8, 4) is 0 Å². The topological polar surface area (TPSA) is 66.9 Å². The van der Waals surface area contributed by atoms with Gasteiger partial charge >= 0.3 is 0 Å². The van der Waals surface area contributed by atoms with Crippen molar-refractivity contribution in [1.82, 2.24) is 15.3 Å². The van der Waals surface area contributed by atoms with Crippen molar-refractivity contribution in [1.29, 1.82) is 0 Å². The van der Waals surface area contributed by atoms with Crippen LogP contribution in [0, 0.1) is 6.92 Å². The summed E-state index contributed by atoms with van der Waals surface area (Å²) in [7, 11) is 0. The second-order valence-corrected chi connectivity index (χ2v) is 4.44. The van der Waals surface area contributed by atoms with Gasteiger partial charge in [0.05, 0.1) is 17.4 Å². The minimum atomic E-state index is -0.112. The average Bonchev–Trinajstić information content (AvgIpc) is 2.47. The highest BCUT2D eigenvalue weighted by atomic mass is 16.1. The van der Waals surface area contributed by atoms with Crippen LogP contribution >= 0.6 is 0 Å². The summed E-state index contributed by atoms with van der Waals surface area (Å²) < 4.78 is 0. The Balaban J connectivity index is 2.07. The summed E-state index contributed by atoms with van der Waals surface area (Å²) in [4.78, 5) is 20.3. The third kappa shape index (κ3) is 3.32. The third-order valence-electron chi connectivity index (χ3n) is 3.01. The zero-order chi connectivity index (χ0) is 14.4. The van der Waals surface area contributed by atoms with E-state index in [1.54, 1.807) is 30.9 Å². The van der Waals surface area contributed by atoms with E-state index >= 15 is 0 Å². The summed E-state index contributed by atoms with van der Waals surface area (Å²) in [5.74, 6) is -0.112. The van der Waals surface area contributed by atoms with Crippen LogP contribution in [0.1, 0.15) is 28.4 Å². The quantitative estimate of drug-likeness (QED) is 0.873. The van der Waals surface area contributed by atoms with E-state index in [4.69, 9.17) is 0 Å². The number of aromatic nitrogens is 2. The molecule has 0 atom stereocenters. The van der Waals surface area contributed by atoms with E-state index in [1.807, 2.05) is 19.9 Å². The third-order valence-corrected chi connectivity index (χ3v) is 3.01. The molecule has 20 heavy (non-hydrogen) atoms. The fourth-order valence-electron chi connectivity index (χ4n) is 1.90. The Kier molecular flexibility index (Phi) is 4.65. The van der Waals surface area contributed by atoms with Gasteiger partial charge in [-0.05, 0) is 37.1 Å². The summed E-state index contributed by atoms with van der Waals surface area (Å²) in [6, 6.07) is 3.63. The number of hydrogen-bond donors (Lipinski definition) is 2. The normalized spacial score (nSPS) is 10.1.